The van der Waals surface area contributed by atoms with Crippen LogP contribution < -0.4 is 16.0 Å². The van der Waals surface area contributed by atoms with Crippen LogP contribution in [0.3, 0.4) is 0 Å². The highest BCUT2D eigenvalue weighted by Crippen LogP contribution is 2.12. The molecule has 7 heteroatoms. The van der Waals surface area contributed by atoms with E-state index in [0.717, 1.165) is 19.0 Å². The van der Waals surface area contributed by atoms with Crippen molar-refractivity contribution in [1.82, 2.24) is 20.9 Å². The summed E-state index contributed by atoms with van der Waals surface area (Å²) in [5, 5.41) is 9.21. The first kappa shape index (κ1) is 24.7. The predicted molar refractivity (Wildman–Crippen MR) is 110 cm³/mol. The van der Waals surface area contributed by atoms with E-state index in [1.165, 1.54) is 0 Å². The third-order valence-corrected chi connectivity index (χ3v) is 3.75. The highest BCUT2D eigenvalue weighted by Gasteiger charge is 2.26. The molecule has 1 amide bonds. The van der Waals surface area contributed by atoms with Crippen molar-refractivity contribution in [1.29, 1.82) is 0 Å². The van der Waals surface area contributed by atoms with Gasteiger partial charge < -0.3 is 16.0 Å². The Morgan fingerprint density at radius 1 is 1.13 bits per heavy atom. The second-order valence-electron chi connectivity index (χ2n) is 6.74. The average molecular weight is 441 g/mol. The molecule has 0 spiro atoms. The maximum Gasteiger partial charge on any atom is 0.227 e. The van der Waals surface area contributed by atoms with Crippen molar-refractivity contribution < 1.29 is 4.79 Å². The standard InChI is InChI=1S/C16H35N5O.HI/c1-12(2)21(13(3)4)10-9-19-15(18-8)20-11-16(5,6)14(22)17-7;/h12-13H,9-11H2,1-8H3,(H,17,22)(H2,18,19,20);1H. The largest absolute Gasteiger partial charge is 0.359 e. The predicted octanol–water partition coefficient (Wildman–Crippen LogP) is 1.66. The Labute approximate surface area is 159 Å². The van der Waals surface area contributed by atoms with E-state index >= 15 is 0 Å². The van der Waals surface area contributed by atoms with E-state index in [0.29, 0.717) is 18.6 Å². The van der Waals surface area contributed by atoms with Gasteiger partial charge in [-0.15, -0.1) is 24.0 Å². The van der Waals surface area contributed by atoms with Crippen molar-refractivity contribution >= 4 is 35.8 Å². The minimum atomic E-state index is -0.478. The minimum Gasteiger partial charge on any atom is -0.359 e. The Morgan fingerprint density at radius 2 is 1.65 bits per heavy atom. The number of halogens is 1. The zero-order valence-electron chi connectivity index (χ0n) is 16.0. The van der Waals surface area contributed by atoms with Gasteiger partial charge in [0, 0.05) is 45.8 Å². The molecular weight excluding hydrogens is 405 g/mol. The van der Waals surface area contributed by atoms with Crippen LogP contribution in [0.25, 0.3) is 0 Å². The van der Waals surface area contributed by atoms with E-state index in [1.54, 1.807) is 14.1 Å². The highest BCUT2D eigenvalue weighted by atomic mass is 127. The lowest BCUT2D eigenvalue weighted by atomic mass is 9.92. The van der Waals surface area contributed by atoms with Gasteiger partial charge in [-0.3, -0.25) is 14.7 Å². The van der Waals surface area contributed by atoms with Gasteiger partial charge in [0.2, 0.25) is 5.91 Å². The molecule has 0 aromatic heterocycles. The number of aliphatic imine (C=N–C) groups is 1. The van der Waals surface area contributed by atoms with Gasteiger partial charge in [-0.25, -0.2) is 0 Å². The number of nitrogens with one attached hydrogen (secondary N) is 3. The van der Waals surface area contributed by atoms with Crippen LogP contribution in [0.4, 0.5) is 0 Å². The lowest BCUT2D eigenvalue weighted by Crippen LogP contribution is -2.49. The Morgan fingerprint density at radius 3 is 2.04 bits per heavy atom. The van der Waals surface area contributed by atoms with Crippen LogP contribution >= 0.6 is 24.0 Å². The van der Waals surface area contributed by atoms with Gasteiger partial charge >= 0.3 is 0 Å². The zero-order valence-corrected chi connectivity index (χ0v) is 18.3. The summed E-state index contributed by atoms with van der Waals surface area (Å²) in [6.45, 7) is 14.9. The van der Waals surface area contributed by atoms with Crippen LogP contribution in [0.1, 0.15) is 41.5 Å². The lowest BCUT2D eigenvalue weighted by Gasteiger charge is -2.31. The van der Waals surface area contributed by atoms with Crippen LogP contribution in [0.2, 0.25) is 0 Å². The van der Waals surface area contributed by atoms with Crippen LogP contribution in [-0.4, -0.2) is 62.6 Å². The molecule has 23 heavy (non-hydrogen) atoms. The van der Waals surface area contributed by atoms with Crippen molar-refractivity contribution in [3.8, 4) is 0 Å². The number of hydrogen-bond donors (Lipinski definition) is 3. The maximum absolute atomic E-state index is 11.8. The van der Waals surface area contributed by atoms with Gasteiger partial charge in [-0.05, 0) is 41.5 Å². The summed E-state index contributed by atoms with van der Waals surface area (Å²) in [6, 6.07) is 1.04. The van der Waals surface area contributed by atoms with Crippen molar-refractivity contribution in [2.24, 2.45) is 10.4 Å². The summed E-state index contributed by atoms with van der Waals surface area (Å²) in [6.07, 6.45) is 0. The molecule has 0 aliphatic heterocycles. The van der Waals surface area contributed by atoms with E-state index < -0.39 is 5.41 Å². The molecule has 0 aromatic rings. The fourth-order valence-corrected chi connectivity index (χ4v) is 2.36. The van der Waals surface area contributed by atoms with Gasteiger partial charge in [0.05, 0.1) is 5.41 Å². The number of carbonyl (C=O) groups is 1. The number of amides is 1. The molecule has 0 radical (unpaired) electrons. The minimum absolute atomic E-state index is 0. The van der Waals surface area contributed by atoms with Crippen LogP contribution in [-0.2, 0) is 4.79 Å². The number of rotatable bonds is 8. The molecule has 0 saturated carbocycles. The van der Waals surface area contributed by atoms with Crippen LogP contribution in [0.15, 0.2) is 4.99 Å². The Kier molecular flexibility index (Phi) is 12.8. The van der Waals surface area contributed by atoms with E-state index in [9.17, 15) is 4.79 Å². The molecule has 6 nitrogen and oxygen atoms in total. The summed E-state index contributed by atoms with van der Waals surface area (Å²) in [4.78, 5) is 18.4. The second kappa shape index (κ2) is 11.9. The normalized spacial score (nSPS) is 12.4. The summed E-state index contributed by atoms with van der Waals surface area (Å²) in [5.41, 5.74) is -0.478. The molecule has 0 fully saturated rings. The Balaban J connectivity index is 0. The van der Waals surface area contributed by atoms with Crippen molar-refractivity contribution in [2.75, 3.05) is 33.7 Å². The van der Waals surface area contributed by atoms with Gasteiger partial charge in [-0.1, -0.05) is 0 Å². The van der Waals surface area contributed by atoms with Gasteiger partial charge in [0.15, 0.2) is 5.96 Å². The summed E-state index contributed by atoms with van der Waals surface area (Å²) >= 11 is 0. The lowest BCUT2D eigenvalue weighted by molar-refractivity contribution is -0.128. The van der Waals surface area contributed by atoms with Crippen LogP contribution in [0, 0.1) is 5.41 Å². The smallest absolute Gasteiger partial charge is 0.227 e. The number of nitrogens with zero attached hydrogens (tertiary/aromatic N) is 2. The van der Waals surface area contributed by atoms with E-state index in [1.807, 2.05) is 13.8 Å². The molecule has 3 N–H and O–H groups in total. The molecule has 0 unspecified atom stereocenters. The number of hydrogen-bond acceptors (Lipinski definition) is 3. The van der Waals surface area contributed by atoms with Crippen molar-refractivity contribution in [3.63, 3.8) is 0 Å². The third-order valence-electron chi connectivity index (χ3n) is 3.75. The molecule has 0 bridgehead atoms. The summed E-state index contributed by atoms with van der Waals surface area (Å²) < 4.78 is 0. The average Bonchev–Trinajstić information content (AvgIpc) is 2.44. The number of guanidine groups is 1. The van der Waals surface area contributed by atoms with E-state index in [-0.39, 0.29) is 29.9 Å². The molecule has 0 saturated heterocycles. The first-order valence-electron chi connectivity index (χ1n) is 8.08. The Hall–Kier alpha value is -0.570. The quantitative estimate of drug-likeness (QED) is 0.305. The second-order valence-corrected chi connectivity index (χ2v) is 6.74. The SMILES string of the molecule is CN=C(NCCN(C(C)C)C(C)C)NCC(C)(C)C(=O)NC.I. The highest BCUT2D eigenvalue weighted by molar-refractivity contribution is 14.0. The van der Waals surface area contributed by atoms with Gasteiger partial charge in [-0.2, -0.15) is 0 Å². The zero-order chi connectivity index (χ0) is 17.3. The molecule has 138 valence electrons. The Bertz CT molecular complexity index is 361. The van der Waals surface area contributed by atoms with E-state index in [2.05, 4.69) is 53.5 Å². The molecule has 0 heterocycles. The molecule has 0 aromatic carbocycles. The van der Waals surface area contributed by atoms with E-state index in [4.69, 9.17) is 0 Å². The fraction of sp³-hybridized carbons (Fsp3) is 0.875. The fourth-order valence-electron chi connectivity index (χ4n) is 2.36. The van der Waals surface area contributed by atoms with Gasteiger partial charge in [0.25, 0.3) is 0 Å². The maximum atomic E-state index is 11.8. The monoisotopic (exact) mass is 441 g/mol. The van der Waals surface area contributed by atoms with Crippen LogP contribution in [0.5, 0.6) is 0 Å². The molecule has 0 aliphatic rings. The van der Waals surface area contributed by atoms with Crippen molar-refractivity contribution in [3.05, 3.63) is 0 Å². The third kappa shape index (κ3) is 9.34. The molecule has 0 atom stereocenters. The van der Waals surface area contributed by atoms with Gasteiger partial charge in [0.1, 0.15) is 0 Å². The first-order valence-corrected chi connectivity index (χ1v) is 8.08. The number of carbonyl (C=O) groups excluding carboxylic acids is 1. The summed E-state index contributed by atoms with van der Waals surface area (Å²) in [7, 11) is 3.40. The van der Waals surface area contributed by atoms with Crippen molar-refractivity contribution in [2.45, 2.75) is 53.6 Å². The molecule has 0 aliphatic carbocycles. The molecular formula is C16H36IN5O. The first-order chi connectivity index (χ1) is 10.2. The summed E-state index contributed by atoms with van der Waals surface area (Å²) in [5.74, 6) is 0.741. The topological polar surface area (TPSA) is 68.8 Å². The molecule has 0 rings (SSSR count).